The molecule has 0 bridgehead atoms. The number of hydrogen-bond donors (Lipinski definition) is 2. The zero-order valence-electron chi connectivity index (χ0n) is 18.9. The van der Waals surface area contributed by atoms with E-state index in [-0.39, 0.29) is 31.0 Å². The maximum atomic E-state index is 12.2. The van der Waals surface area contributed by atoms with Gasteiger partial charge in [-0.15, -0.1) is 0 Å². The fraction of sp³-hybridized carbons (Fsp3) is 0.348. The summed E-state index contributed by atoms with van der Waals surface area (Å²) in [6.07, 6.45) is 1.52. The fourth-order valence-electron chi connectivity index (χ4n) is 3.81. The number of nitrogens with two attached hydrogens (primary N) is 1. The van der Waals surface area contributed by atoms with Gasteiger partial charge in [-0.1, -0.05) is 43.3 Å². The Hall–Kier alpha value is -3.04. The van der Waals surface area contributed by atoms with Crippen LogP contribution in [-0.2, 0) is 18.8 Å². The molecule has 4 unspecified atom stereocenters. The molecule has 1 aromatic heterocycles. The molecular formula is C23H27N4O6P. The molecule has 3 aromatic rings. The lowest BCUT2D eigenvalue weighted by molar-refractivity contribution is -0.139. The number of fused-ring (bicyclic) bond motifs is 1. The van der Waals surface area contributed by atoms with Gasteiger partial charge in [0, 0.05) is 17.5 Å². The molecule has 0 saturated carbocycles. The van der Waals surface area contributed by atoms with E-state index in [1.165, 1.54) is 11.7 Å². The van der Waals surface area contributed by atoms with E-state index >= 15 is 0 Å². The van der Waals surface area contributed by atoms with E-state index in [0.717, 1.165) is 10.8 Å². The first kappa shape index (κ1) is 24.1. The molecule has 180 valence electrons. The monoisotopic (exact) mass is 486 g/mol. The molecule has 4 atom stereocenters. The van der Waals surface area contributed by atoms with Gasteiger partial charge in [-0.2, -0.15) is 4.98 Å². The molecule has 0 spiro atoms. The van der Waals surface area contributed by atoms with Crippen LogP contribution in [-0.4, -0.2) is 41.9 Å². The molecule has 0 radical (unpaired) electrons. The number of aromatic nitrogens is 2. The third-order valence-corrected chi connectivity index (χ3v) is 6.63. The van der Waals surface area contributed by atoms with Crippen LogP contribution in [0.1, 0.15) is 19.6 Å². The van der Waals surface area contributed by atoms with E-state index < -0.39 is 26.4 Å². The SMILES string of the molecule is COC(=O)CNP(OCC1CC(C)C(n2ccc(N)nc2=O)O1)Oc1cccc2ccccc12. The Morgan fingerprint density at radius 2 is 2.06 bits per heavy atom. The molecule has 2 aromatic carbocycles. The lowest BCUT2D eigenvalue weighted by Gasteiger charge is -2.21. The molecule has 4 rings (SSSR count). The number of hydrogen-bond acceptors (Lipinski definition) is 9. The molecule has 1 aliphatic rings. The highest BCUT2D eigenvalue weighted by atomic mass is 31.2. The van der Waals surface area contributed by atoms with Crippen LogP contribution in [0.25, 0.3) is 10.8 Å². The Morgan fingerprint density at radius 3 is 2.85 bits per heavy atom. The quantitative estimate of drug-likeness (QED) is 0.347. The van der Waals surface area contributed by atoms with Crippen molar-refractivity contribution >= 4 is 31.1 Å². The molecule has 10 nitrogen and oxygen atoms in total. The predicted molar refractivity (Wildman–Crippen MR) is 128 cm³/mol. The van der Waals surface area contributed by atoms with Crippen molar-refractivity contribution in [3.05, 3.63) is 65.2 Å². The first-order valence-electron chi connectivity index (χ1n) is 10.8. The van der Waals surface area contributed by atoms with Gasteiger partial charge in [0.15, 0.2) is 0 Å². The third kappa shape index (κ3) is 5.71. The van der Waals surface area contributed by atoms with Crippen molar-refractivity contribution in [2.45, 2.75) is 25.7 Å². The fourth-order valence-corrected chi connectivity index (χ4v) is 4.91. The summed E-state index contributed by atoms with van der Waals surface area (Å²) in [5, 5.41) is 4.95. The van der Waals surface area contributed by atoms with Crippen molar-refractivity contribution in [3.63, 3.8) is 0 Å². The van der Waals surface area contributed by atoms with Crippen LogP contribution in [0.4, 0.5) is 5.82 Å². The number of carbonyl (C=O) groups excluding carboxylic acids is 1. The highest BCUT2D eigenvalue weighted by Crippen LogP contribution is 2.41. The summed E-state index contributed by atoms with van der Waals surface area (Å²) in [6.45, 7) is 2.14. The van der Waals surface area contributed by atoms with Crippen molar-refractivity contribution in [1.82, 2.24) is 14.6 Å². The summed E-state index contributed by atoms with van der Waals surface area (Å²) in [7, 11) is -0.366. The van der Waals surface area contributed by atoms with E-state index in [0.29, 0.717) is 12.2 Å². The van der Waals surface area contributed by atoms with Crippen molar-refractivity contribution in [2.75, 3.05) is 26.0 Å². The van der Waals surface area contributed by atoms with E-state index in [2.05, 4.69) is 10.1 Å². The second-order valence-electron chi connectivity index (χ2n) is 7.94. The molecule has 0 aliphatic carbocycles. The minimum Gasteiger partial charge on any atom is -0.468 e. The molecule has 2 heterocycles. The number of ether oxygens (including phenoxy) is 2. The molecule has 34 heavy (non-hydrogen) atoms. The minimum absolute atomic E-state index is 0.0602. The van der Waals surface area contributed by atoms with Crippen LogP contribution in [0.5, 0.6) is 5.75 Å². The highest BCUT2D eigenvalue weighted by Gasteiger charge is 2.35. The Morgan fingerprint density at radius 1 is 1.26 bits per heavy atom. The zero-order chi connectivity index (χ0) is 24.1. The summed E-state index contributed by atoms with van der Waals surface area (Å²) in [4.78, 5) is 27.7. The summed E-state index contributed by atoms with van der Waals surface area (Å²) in [5.74, 6) is 0.433. The van der Waals surface area contributed by atoms with Crippen LogP contribution in [0.2, 0.25) is 0 Å². The average molecular weight is 486 g/mol. The molecule has 1 fully saturated rings. The van der Waals surface area contributed by atoms with Crippen LogP contribution >= 0.6 is 8.53 Å². The number of carbonyl (C=O) groups is 1. The van der Waals surface area contributed by atoms with Crippen LogP contribution < -0.4 is 21.0 Å². The maximum absolute atomic E-state index is 12.2. The third-order valence-electron chi connectivity index (χ3n) is 5.47. The molecule has 1 saturated heterocycles. The molecule has 11 heteroatoms. The Bertz CT molecular complexity index is 1200. The van der Waals surface area contributed by atoms with E-state index in [1.807, 2.05) is 49.4 Å². The number of nitrogen functional groups attached to an aromatic ring is 1. The second-order valence-corrected chi connectivity index (χ2v) is 9.21. The number of benzene rings is 2. The minimum atomic E-state index is -1.69. The van der Waals surface area contributed by atoms with Gasteiger partial charge in [-0.3, -0.25) is 9.36 Å². The zero-order valence-corrected chi connectivity index (χ0v) is 19.8. The van der Waals surface area contributed by atoms with Crippen LogP contribution in [0.3, 0.4) is 0 Å². The largest absolute Gasteiger partial charge is 0.468 e. The van der Waals surface area contributed by atoms with Crippen LogP contribution in [0.15, 0.2) is 59.5 Å². The number of nitrogens with one attached hydrogen (secondary N) is 1. The Balaban J connectivity index is 1.44. The standard InChI is InChI=1S/C23H27N4O6P/c1-15-12-17(32-22(15)27-11-10-20(24)26-23(27)29)14-31-34(25-13-21(28)30-2)33-19-9-5-7-16-6-3-4-8-18(16)19/h3-11,15,17,22,25H,12-14H2,1-2H3,(H2,24,26,29). The van der Waals surface area contributed by atoms with Crippen molar-refractivity contribution in [3.8, 4) is 5.75 Å². The van der Waals surface area contributed by atoms with Gasteiger partial charge in [0.05, 0.1) is 19.8 Å². The Kier molecular flexibility index (Phi) is 7.74. The van der Waals surface area contributed by atoms with Crippen molar-refractivity contribution < 1.29 is 23.3 Å². The first-order valence-corrected chi connectivity index (χ1v) is 12.0. The highest BCUT2D eigenvalue weighted by molar-refractivity contribution is 7.45. The number of methoxy groups -OCH3 is 1. The second kappa shape index (κ2) is 10.9. The average Bonchev–Trinajstić information content (AvgIpc) is 3.20. The topological polar surface area (TPSA) is 127 Å². The van der Waals surface area contributed by atoms with E-state index in [4.69, 9.17) is 24.3 Å². The van der Waals surface area contributed by atoms with Crippen LogP contribution in [0, 0.1) is 5.92 Å². The van der Waals surface area contributed by atoms with Gasteiger partial charge in [0.25, 0.3) is 0 Å². The number of esters is 1. The first-order chi connectivity index (χ1) is 16.4. The van der Waals surface area contributed by atoms with Gasteiger partial charge >= 0.3 is 20.2 Å². The van der Waals surface area contributed by atoms with Gasteiger partial charge in [0.1, 0.15) is 24.3 Å². The van der Waals surface area contributed by atoms with Gasteiger partial charge in [0.2, 0.25) is 0 Å². The van der Waals surface area contributed by atoms with Gasteiger partial charge in [-0.05, 0) is 23.9 Å². The van der Waals surface area contributed by atoms with Gasteiger partial charge in [-0.25, -0.2) is 9.88 Å². The molecule has 3 N–H and O–H groups in total. The molecular weight excluding hydrogens is 459 g/mol. The normalized spacial score (nSPS) is 20.8. The smallest absolute Gasteiger partial charge is 0.351 e. The predicted octanol–water partition coefficient (Wildman–Crippen LogP) is 2.99. The lowest BCUT2D eigenvalue weighted by atomic mass is 10.1. The van der Waals surface area contributed by atoms with E-state index in [1.54, 1.807) is 12.3 Å². The summed E-state index contributed by atoms with van der Waals surface area (Å²) < 4.78 is 24.4. The number of rotatable bonds is 9. The summed E-state index contributed by atoms with van der Waals surface area (Å²) in [5.41, 5.74) is 5.13. The van der Waals surface area contributed by atoms with Crippen molar-refractivity contribution in [2.24, 2.45) is 5.92 Å². The number of anilines is 1. The molecule has 1 aliphatic heterocycles. The summed E-state index contributed by atoms with van der Waals surface area (Å²) in [6, 6.07) is 15.2. The summed E-state index contributed by atoms with van der Waals surface area (Å²) >= 11 is 0. The number of nitrogens with zero attached hydrogens (tertiary/aromatic N) is 2. The Labute approximate surface area is 197 Å². The van der Waals surface area contributed by atoms with Gasteiger partial charge < -0.3 is 24.3 Å². The molecule has 0 amide bonds. The lowest BCUT2D eigenvalue weighted by Crippen LogP contribution is -2.29. The van der Waals surface area contributed by atoms with E-state index in [9.17, 15) is 9.59 Å². The maximum Gasteiger partial charge on any atom is 0.351 e. The van der Waals surface area contributed by atoms with Crippen molar-refractivity contribution in [1.29, 1.82) is 0 Å².